The van der Waals surface area contributed by atoms with Gasteiger partial charge >= 0.3 is 5.97 Å². The van der Waals surface area contributed by atoms with E-state index in [0.29, 0.717) is 22.8 Å². The van der Waals surface area contributed by atoms with E-state index < -0.39 is 5.97 Å². The van der Waals surface area contributed by atoms with Gasteiger partial charge in [-0.25, -0.2) is 4.98 Å². The van der Waals surface area contributed by atoms with E-state index in [-0.39, 0.29) is 12.3 Å². The molecule has 124 valence electrons. The van der Waals surface area contributed by atoms with E-state index in [9.17, 15) is 9.90 Å². The number of aliphatic carboxylic acids is 1. The Hall–Kier alpha value is -3.22. The van der Waals surface area contributed by atoms with E-state index >= 15 is 0 Å². The van der Waals surface area contributed by atoms with Gasteiger partial charge in [0, 0.05) is 11.8 Å². The molecule has 7 nitrogen and oxygen atoms in total. The van der Waals surface area contributed by atoms with Gasteiger partial charge in [0.15, 0.2) is 11.5 Å². The van der Waals surface area contributed by atoms with E-state index in [1.807, 2.05) is 25.3 Å². The van der Waals surface area contributed by atoms with Crippen molar-refractivity contribution in [3.8, 4) is 22.8 Å². The number of carbonyl (C=O) groups is 1. The minimum atomic E-state index is -0.971. The summed E-state index contributed by atoms with van der Waals surface area (Å²) >= 11 is 0. The van der Waals surface area contributed by atoms with Crippen molar-refractivity contribution in [1.29, 1.82) is 0 Å². The number of ether oxygens (including phenoxy) is 1. The number of aryl methyl sites for hydroxylation is 1. The summed E-state index contributed by atoms with van der Waals surface area (Å²) in [5.74, 6) is -0.0616. The van der Waals surface area contributed by atoms with Gasteiger partial charge in [0.1, 0.15) is 23.7 Å². The number of hydrogen-bond acceptors (Lipinski definition) is 5. The van der Waals surface area contributed by atoms with Crippen LogP contribution in [0.4, 0.5) is 5.82 Å². The summed E-state index contributed by atoms with van der Waals surface area (Å²) in [6.07, 6.45) is 1.81. The van der Waals surface area contributed by atoms with Crippen LogP contribution >= 0.6 is 0 Å². The summed E-state index contributed by atoms with van der Waals surface area (Å²) in [7, 11) is 1.48. The van der Waals surface area contributed by atoms with Crippen LogP contribution in [0.3, 0.4) is 0 Å². The maximum Gasteiger partial charge on any atom is 0.322 e. The number of hydrogen-bond donors (Lipinski definition) is 3. The first-order chi connectivity index (χ1) is 11.5. The molecule has 0 amide bonds. The SMILES string of the molecule is COc1ccc(-c2nc3c(C)cccn3c2NCC(=O)O)cc1O. The number of nitrogens with zero attached hydrogens (tertiary/aromatic N) is 2. The Morgan fingerprint density at radius 1 is 1.38 bits per heavy atom. The Bertz CT molecular complexity index is 918. The fraction of sp³-hybridized carbons (Fsp3) is 0.176. The highest BCUT2D eigenvalue weighted by Gasteiger charge is 2.17. The predicted molar refractivity (Wildman–Crippen MR) is 89.7 cm³/mol. The number of phenols is 1. The number of fused-ring (bicyclic) bond motifs is 1. The molecule has 2 aromatic heterocycles. The van der Waals surface area contributed by atoms with Crippen molar-refractivity contribution in [2.75, 3.05) is 19.0 Å². The van der Waals surface area contributed by atoms with Crippen LogP contribution in [-0.4, -0.2) is 39.2 Å². The number of nitrogens with one attached hydrogen (secondary N) is 1. The smallest absolute Gasteiger partial charge is 0.322 e. The minimum absolute atomic E-state index is 0.00652. The lowest BCUT2D eigenvalue weighted by molar-refractivity contribution is -0.134. The van der Waals surface area contributed by atoms with E-state index in [2.05, 4.69) is 10.3 Å². The summed E-state index contributed by atoms with van der Waals surface area (Å²) in [4.78, 5) is 15.5. The number of carboxylic acids is 1. The number of aromatic nitrogens is 2. The van der Waals surface area contributed by atoms with E-state index in [0.717, 1.165) is 11.2 Å². The van der Waals surface area contributed by atoms with Gasteiger partial charge < -0.3 is 20.3 Å². The van der Waals surface area contributed by atoms with Gasteiger partial charge in [-0.05, 0) is 36.8 Å². The molecule has 0 spiro atoms. The molecule has 7 heteroatoms. The molecule has 0 saturated carbocycles. The minimum Gasteiger partial charge on any atom is -0.504 e. The van der Waals surface area contributed by atoms with Crippen molar-refractivity contribution in [2.45, 2.75) is 6.92 Å². The molecule has 0 aliphatic heterocycles. The Labute approximate surface area is 138 Å². The summed E-state index contributed by atoms with van der Waals surface area (Å²) in [6.45, 7) is 1.69. The second kappa shape index (κ2) is 6.11. The van der Waals surface area contributed by atoms with Crippen LogP contribution in [0, 0.1) is 6.92 Å². The van der Waals surface area contributed by atoms with Gasteiger partial charge in [-0.15, -0.1) is 0 Å². The molecule has 0 radical (unpaired) electrons. The Morgan fingerprint density at radius 2 is 2.17 bits per heavy atom. The predicted octanol–water partition coefficient (Wildman–Crippen LogP) is 2.52. The maximum atomic E-state index is 10.9. The average Bonchev–Trinajstić information content (AvgIpc) is 2.93. The van der Waals surface area contributed by atoms with Gasteiger partial charge in [-0.2, -0.15) is 0 Å². The summed E-state index contributed by atoms with van der Waals surface area (Å²) in [6, 6.07) is 8.75. The third-order valence-electron chi connectivity index (χ3n) is 3.70. The molecule has 3 N–H and O–H groups in total. The summed E-state index contributed by atoms with van der Waals surface area (Å²) in [5.41, 5.74) is 2.89. The molecule has 0 aliphatic rings. The van der Waals surface area contributed by atoms with E-state index in [4.69, 9.17) is 9.84 Å². The average molecular weight is 327 g/mol. The lowest BCUT2D eigenvalue weighted by atomic mass is 10.1. The molecule has 0 aliphatic carbocycles. The van der Waals surface area contributed by atoms with Gasteiger partial charge in [0.2, 0.25) is 0 Å². The zero-order valence-corrected chi connectivity index (χ0v) is 13.3. The van der Waals surface area contributed by atoms with Crippen LogP contribution in [0.2, 0.25) is 0 Å². The molecule has 0 unspecified atom stereocenters. The molecule has 3 rings (SSSR count). The topological polar surface area (TPSA) is 96.1 Å². The van der Waals surface area contributed by atoms with Crippen molar-refractivity contribution in [3.63, 3.8) is 0 Å². The van der Waals surface area contributed by atoms with E-state index in [1.54, 1.807) is 22.6 Å². The van der Waals surface area contributed by atoms with Crippen LogP contribution in [0.1, 0.15) is 5.56 Å². The first kappa shape index (κ1) is 15.7. The number of benzene rings is 1. The molecular formula is C17H17N3O4. The third kappa shape index (κ3) is 2.71. The quantitative estimate of drug-likeness (QED) is 0.666. The number of pyridine rings is 1. The lowest BCUT2D eigenvalue weighted by Gasteiger charge is -2.08. The second-order valence-corrected chi connectivity index (χ2v) is 5.33. The number of carboxylic acid groups (broad SMARTS) is 1. The molecule has 0 bridgehead atoms. The van der Waals surface area contributed by atoms with Crippen molar-refractivity contribution < 1.29 is 19.7 Å². The summed E-state index contributed by atoms with van der Waals surface area (Å²) < 4.78 is 6.85. The number of aromatic hydroxyl groups is 1. The largest absolute Gasteiger partial charge is 0.504 e. The molecule has 1 aromatic carbocycles. The molecule has 2 heterocycles. The van der Waals surface area contributed by atoms with Crippen LogP contribution in [0.25, 0.3) is 16.9 Å². The Balaban J connectivity index is 2.18. The zero-order chi connectivity index (χ0) is 17.3. The number of anilines is 1. The van der Waals surface area contributed by atoms with Crippen LogP contribution in [0.15, 0.2) is 36.5 Å². The number of methoxy groups -OCH3 is 1. The fourth-order valence-electron chi connectivity index (χ4n) is 2.57. The first-order valence-corrected chi connectivity index (χ1v) is 7.32. The monoisotopic (exact) mass is 327 g/mol. The van der Waals surface area contributed by atoms with Crippen molar-refractivity contribution in [2.24, 2.45) is 0 Å². The van der Waals surface area contributed by atoms with Crippen molar-refractivity contribution in [3.05, 3.63) is 42.1 Å². The number of rotatable bonds is 5. The number of imidazole rings is 1. The van der Waals surface area contributed by atoms with Crippen LogP contribution < -0.4 is 10.1 Å². The number of phenolic OH excluding ortho intramolecular Hbond substituents is 1. The molecule has 3 aromatic rings. The molecular weight excluding hydrogens is 310 g/mol. The highest BCUT2D eigenvalue weighted by atomic mass is 16.5. The summed E-state index contributed by atoms with van der Waals surface area (Å²) in [5, 5.41) is 21.9. The standard InChI is InChI=1S/C17H17N3O4/c1-10-4-3-7-20-16(10)19-15(17(20)18-9-14(22)23)11-5-6-13(24-2)12(21)8-11/h3-8,18,21H,9H2,1-2H3,(H,22,23). The molecule has 24 heavy (non-hydrogen) atoms. The van der Waals surface area contributed by atoms with Gasteiger partial charge in [-0.1, -0.05) is 6.07 Å². The van der Waals surface area contributed by atoms with Crippen LogP contribution in [0.5, 0.6) is 11.5 Å². The van der Waals surface area contributed by atoms with Gasteiger partial charge in [-0.3, -0.25) is 9.20 Å². The van der Waals surface area contributed by atoms with Crippen LogP contribution in [-0.2, 0) is 4.79 Å². The normalized spacial score (nSPS) is 10.8. The maximum absolute atomic E-state index is 10.9. The molecule has 0 atom stereocenters. The molecule has 0 saturated heterocycles. The van der Waals surface area contributed by atoms with Crippen molar-refractivity contribution in [1.82, 2.24) is 9.38 Å². The van der Waals surface area contributed by atoms with Gasteiger partial charge in [0.25, 0.3) is 0 Å². The van der Waals surface area contributed by atoms with E-state index in [1.165, 1.54) is 7.11 Å². The zero-order valence-electron chi connectivity index (χ0n) is 13.3. The first-order valence-electron chi connectivity index (χ1n) is 7.32. The van der Waals surface area contributed by atoms with Gasteiger partial charge in [0.05, 0.1) is 7.11 Å². The fourth-order valence-corrected chi connectivity index (χ4v) is 2.57. The lowest BCUT2D eigenvalue weighted by Crippen LogP contribution is -2.14. The third-order valence-corrected chi connectivity index (χ3v) is 3.70. The Kier molecular flexibility index (Phi) is 3.99. The second-order valence-electron chi connectivity index (χ2n) is 5.33. The Morgan fingerprint density at radius 3 is 2.83 bits per heavy atom. The highest BCUT2D eigenvalue weighted by molar-refractivity contribution is 5.81. The molecule has 0 fully saturated rings. The van der Waals surface area contributed by atoms with Crippen molar-refractivity contribution >= 4 is 17.4 Å². The highest BCUT2D eigenvalue weighted by Crippen LogP contribution is 2.35.